The van der Waals surface area contributed by atoms with Crippen molar-refractivity contribution in [3.05, 3.63) is 243 Å². The summed E-state index contributed by atoms with van der Waals surface area (Å²) in [4.78, 5) is 2.40. The first-order valence-corrected chi connectivity index (χ1v) is 22.2. The highest BCUT2D eigenvalue weighted by Crippen LogP contribution is 2.44. The molecule has 0 atom stereocenters. The predicted octanol–water partition coefficient (Wildman–Crippen LogP) is 17.5. The summed E-state index contributed by atoms with van der Waals surface area (Å²) in [6.45, 7) is 0. The van der Waals surface area contributed by atoms with E-state index in [1.54, 1.807) is 0 Å². The Morgan fingerprint density at radius 3 is 1.72 bits per heavy atom. The fraction of sp³-hybridized carbons (Fsp3) is 0. The predicted molar refractivity (Wildman–Crippen MR) is 274 cm³/mol. The Hall–Kier alpha value is -8.66. The van der Waals surface area contributed by atoms with E-state index in [-0.39, 0.29) is 0 Å². The standard InChI is InChI=1S/C62H40N2O/c1-2-18-51-42(13-1)27-28-46-37-47(32-35-52(46)51)53-19-3-7-23-58(53)63(49-16-12-15-44(39-49)45-31-36-57-56-22-6-10-26-61(56)65-62(57)40-45)48-33-29-41(30-34-48)43-14-11-17-50(38-43)64-59-24-8-4-20-54(59)55-21-5-9-25-60(55)64/h1-40H. The molecule has 2 aromatic heterocycles. The molecule has 3 nitrogen and oxygen atoms in total. The highest BCUT2D eigenvalue weighted by atomic mass is 16.3. The molecule has 13 rings (SSSR count). The first kappa shape index (κ1) is 36.9. The molecular weight excluding hydrogens is 789 g/mol. The average Bonchev–Trinajstić information content (AvgIpc) is 3.92. The normalized spacial score (nSPS) is 11.7. The van der Waals surface area contributed by atoms with Gasteiger partial charge in [0.2, 0.25) is 0 Å². The lowest BCUT2D eigenvalue weighted by Crippen LogP contribution is -2.11. The third-order valence-corrected chi connectivity index (χ3v) is 13.2. The van der Waals surface area contributed by atoms with Gasteiger partial charge in [0.15, 0.2) is 0 Å². The van der Waals surface area contributed by atoms with Crippen LogP contribution in [0.3, 0.4) is 0 Å². The van der Waals surface area contributed by atoms with Crippen LogP contribution in [0.15, 0.2) is 247 Å². The van der Waals surface area contributed by atoms with Crippen molar-refractivity contribution in [1.29, 1.82) is 0 Å². The first-order chi connectivity index (χ1) is 32.2. The minimum Gasteiger partial charge on any atom is -0.456 e. The smallest absolute Gasteiger partial charge is 0.136 e. The van der Waals surface area contributed by atoms with Crippen molar-refractivity contribution in [3.63, 3.8) is 0 Å². The molecule has 0 amide bonds. The van der Waals surface area contributed by atoms with Crippen LogP contribution in [0.1, 0.15) is 0 Å². The molecule has 0 unspecified atom stereocenters. The molecular formula is C62H40N2O. The molecule has 0 N–H and O–H groups in total. The number of aromatic nitrogens is 1. The number of nitrogens with zero attached hydrogens (tertiary/aromatic N) is 2. The van der Waals surface area contributed by atoms with E-state index in [0.717, 1.165) is 72.5 Å². The van der Waals surface area contributed by atoms with Crippen LogP contribution in [0.4, 0.5) is 17.1 Å². The van der Waals surface area contributed by atoms with E-state index < -0.39 is 0 Å². The van der Waals surface area contributed by atoms with E-state index in [2.05, 4.69) is 240 Å². The number of hydrogen-bond acceptors (Lipinski definition) is 2. The average molecular weight is 829 g/mol. The van der Waals surface area contributed by atoms with Crippen LogP contribution < -0.4 is 4.90 Å². The Morgan fingerprint density at radius 1 is 0.308 bits per heavy atom. The van der Waals surface area contributed by atoms with Gasteiger partial charge >= 0.3 is 0 Å². The molecule has 65 heavy (non-hydrogen) atoms. The fourth-order valence-corrected chi connectivity index (χ4v) is 10.1. The molecule has 3 heteroatoms. The van der Waals surface area contributed by atoms with E-state index in [1.165, 1.54) is 48.9 Å². The summed E-state index contributed by atoms with van der Waals surface area (Å²) in [5.74, 6) is 0. The molecule has 0 aliphatic rings. The Morgan fingerprint density at radius 2 is 0.892 bits per heavy atom. The number of fused-ring (bicyclic) bond motifs is 9. The molecule has 0 saturated carbocycles. The van der Waals surface area contributed by atoms with Crippen molar-refractivity contribution in [3.8, 4) is 39.1 Å². The van der Waals surface area contributed by atoms with Gasteiger partial charge in [-0.15, -0.1) is 0 Å². The second-order valence-electron chi connectivity index (χ2n) is 16.9. The van der Waals surface area contributed by atoms with Gasteiger partial charge in [0.25, 0.3) is 0 Å². The third kappa shape index (κ3) is 6.20. The van der Waals surface area contributed by atoms with Gasteiger partial charge in [0.1, 0.15) is 11.2 Å². The molecule has 0 aliphatic heterocycles. The quantitative estimate of drug-likeness (QED) is 0.149. The van der Waals surface area contributed by atoms with Crippen LogP contribution in [0.2, 0.25) is 0 Å². The molecule has 0 fully saturated rings. The molecule has 0 spiro atoms. The van der Waals surface area contributed by atoms with Crippen LogP contribution in [-0.2, 0) is 0 Å². The minimum absolute atomic E-state index is 0.887. The van der Waals surface area contributed by atoms with Crippen molar-refractivity contribution in [2.75, 3.05) is 4.90 Å². The van der Waals surface area contributed by atoms with Gasteiger partial charge < -0.3 is 13.9 Å². The van der Waals surface area contributed by atoms with Gasteiger partial charge in [0.05, 0.1) is 16.7 Å². The van der Waals surface area contributed by atoms with Crippen LogP contribution >= 0.6 is 0 Å². The van der Waals surface area contributed by atoms with Crippen molar-refractivity contribution in [2.24, 2.45) is 0 Å². The second kappa shape index (κ2) is 15.0. The van der Waals surface area contributed by atoms with E-state index in [0.29, 0.717) is 0 Å². The molecule has 0 aliphatic carbocycles. The van der Waals surface area contributed by atoms with Crippen LogP contribution in [0.5, 0.6) is 0 Å². The lowest BCUT2D eigenvalue weighted by atomic mass is 9.96. The number of para-hydroxylation sites is 4. The summed E-state index contributed by atoms with van der Waals surface area (Å²) in [7, 11) is 0. The number of hydrogen-bond donors (Lipinski definition) is 0. The van der Waals surface area contributed by atoms with Crippen LogP contribution in [0, 0.1) is 0 Å². The van der Waals surface area contributed by atoms with Gasteiger partial charge in [-0.3, -0.25) is 0 Å². The van der Waals surface area contributed by atoms with Gasteiger partial charge in [-0.05, 0) is 128 Å². The highest BCUT2D eigenvalue weighted by Gasteiger charge is 2.20. The summed E-state index contributed by atoms with van der Waals surface area (Å²) in [6.07, 6.45) is 0. The SMILES string of the molecule is c1cc(-c2ccc3c(c2)oc2ccccc23)cc(N(c2ccc(-c3cccc(-n4c5ccccc5c5ccccc54)c3)cc2)c2ccccc2-c2ccc3c(ccc4ccccc43)c2)c1. The monoisotopic (exact) mass is 828 g/mol. The van der Waals surface area contributed by atoms with E-state index in [9.17, 15) is 0 Å². The molecule has 11 aromatic carbocycles. The zero-order valence-corrected chi connectivity index (χ0v) is 35.4. The van der Waals surface area contributed by atoms with Crippen molar-refractivity contribution >= 4 is 82.4 Å². The summed E-state index contributed by atoms with van der Waals surface area (Å²) in [5.41, 5.74) is 15.4. The number of benzene rings is 11. The lowest BCUT2D eigenvalue weighted by molar-refractivity contribution is 0.669. The Kier molecular flexibility index (Phi) is 8.53. The molecule has 0 radical (unpaired) electrons. The number of rotatable bonds is 7. The Bertz CT molecular complexity index is 3910. The number of furan rings is 1. The number of anilines is 3. The lowest BCUT2D eigenvalue weighted by Gasteiger charge is -2.28. The Balaban J connectivity index is 0.938. The first-order valence-electron chi connectivity index (χ1n) is 22.2. The van der Waals surface area contributed by atoms with Gasteiger partial charge in [-0.1, -0.05) is 164 Å². The van der Waals surface area contributed by atoms with Crippen molar-refractivity contribution < 1.29 is 4.42 Å². The third-order valence-electron chi connectivity index (χ3n) is 13.2. The summed E-state index contributed by atoms with van der Waals surface area (Å²) in [6, 6.07) is 87.8. The molecule has 304 valence electrons. The zero-order valence-electron chi connectivity index (χ0n) is 35.4. The molecule has 13 aromatic rings. The largest absolute Gasteiger partial charge is 0.456 e. The maximum absolute atomic E-state index is 6.35. The van der Waals surface area contributed by atoms with Gasteiger partial charge in [0, 0.05) is 44.2 Å². The topological polar surface area (TPSA) is 21.3 Å². The zero-order chi connectivity index (χ0) is 42.8. The van der Waals surface area contributed by atoms with Crippen molar-refractivity contribution in [1.82, 2.24) is 4.57 Å². The fourth-order valence-electron chi connectivity index (χ4n) is 10.1. The maximum atomic E-state index is 6.35. The molecule has 2 heterocycles. The summed E-state index contributed by atoms with van der Waals surface area (Å²) < 4.78 is 8.74. The van der Waals surface area contributed by atoms with Gasteiger partial charge in [-0.2, -0.15) is 0 Å². The van der Waals surface area contributed by atoms with Crippen LogP contribution in [-0.4, -0.2) is 4.57 Å². The molecule has 0 saturated heterocycles. The van der Waals surface area contributed by atoms with Crippen LogP contribution in [0.25, 0.3) is 104 Å². The van der Waals surface area contributed by atoms with Crippen molar-refractivity contribution in [2.45, 2.75) is 0 Å². The highest BCUT2D eigenvalue weighted by molar-refractivity contribution is 6.10. The Labute approximate surface area is 376 Å². The van der Waals surface area contributed by atoms with E-state index in [1.807, 2.05) is 12.1 Å². The second-order valence-corrected chi connectivity index (χ2v) is 16.9. The van der Waals surface area contributed by atoms with E-state index in [4.69, 9.17) is 4.42 Å². The molecule has 0 bridgehead atoms. The van der Waals surface area contributed by atoms with E-state index >= 15 is 0 Å². The van der Waals surface area contributed by atoms with Gasteiger partial charge in [-0.25, -0.2) is 0 Å². The summed E-state index contributed by atoms with van der Waals surface area (Å²) in [5, 5.41) is 9.77. The summed E-state index contributed by atoms with van der Waals surface area (Å²) >= 11 is 0. The maximum Gasteiger partial charge on any atom is 0.136 e. The minimum atomic E-state index is 0.887.